The molecule has 4 bridgehead atoms. The Labute approximate surface area is 318 Å². The molecular weight excluding hydrogens is 677 g/mol. The lowest BCUT2D eigenvalue weighted by Gasteiger charge is -2.56. The monoisotopic (exact) mass is 728 g/mol. The Morgan fingerprint density at radius 2 is 1.44 bits per heavy atom. The maximum absolute atomic E-state index is 13.2. The number of rotatable bonds is 10. The Balaban J connectivity index is 0.870. The molecule has 4 aliphatic carbocycles. The van der Waals surface area contributed by atoms with Crippen LogP contribution in [0.2, 0.25) is 0 Å². The van der Waals surface area contributed by atoms with Gasteiger partial charge in [0.2, 0.25) is 5.95 Å². The molecule has 10 heteroatoms. The van der Waals surface area contributed by atoms with E-state index in [-0.39, 0.29) is 30.4 Å². The van der Waals surface area contributed by atoms with Crippen LogP contribution in [0, 0.1) is 17.8 Å². The summed E-state index contributed by atoms with van der Waals surface area (Å²) < 4.78 is 13.5. The van der Waals surface area contributed by atoms with E-state index in [4.69, 9.17) is 9.47 Å². The molecule has 10 nitrogen and oxygen atoms in total. The number of piperazine rings is 1. The van der Waals surface area contributed by atoms with E-state index in [1.54, 1.807) is 12.4 Å². The minimum atomic E-state index is -0.539. The number of nitrogens with one attached hydrogen (secondary N) is 2. The zero-order chi connectivity index (χ0) is 36.5. The highest BCUT2D eigenvalue weighted by atomic mass is 16.7. The predicted octanol–water partition coefficient (Wildman–Crippen LogP) is 6.77. The van der Waals surface area contributed by atoms with Gasteiger partial charge in [-0.15, -0.1) is 0 Å². The van der Waals surface area contributed by atoms with Crippen LogP contribution in [0.4, 0.5) is 10.7 Å². The first-order chi connectivity index (χ1) is 26.5. The third-order valence-electron chi connectivity index (χ3n) is 12.6. The summed E-state index contributed by atoms with van der Waals surface area (Å²) in [6.07, 6.45) is 11.1. The van der Waals surface area contributed by atoms with Gasteiger partial charge in [-0.05, 0) is 102 Å². The van der Waals surface area contributed by atoms with Gasteiger partial charge in [-0.1, -0.05) is 60.7 Å². The number of aliphatic hydroxyl groups is 1. The van der Waals surface area contributed by atoms with Gasteiger partial charge in [0.1, 0.15) is 0 Å². The number of ether oxygens (including phenoxy) is 2. The number of hydrogen-bond donors (Lipinski definition) is 3. The molecular formula is C44H52N6O4. The van der Waals surface area contributed by atoms with Gasteiger partial charge in [-0.25, -0.2) is 14.8 Å². The second kappa shape index (κ2) is 15.4. The highest BCUT2D eigenvalue weighted by Crippen LogP contribution is 2.55. The van der Waals surface area contributed by atoms with E-state index in [0.717, 1.165) is 115 Å². The Bertz CT molecular complexity index is 1860. The highest BCUT2D eigenvalue weighted by Gasteiger charge is 2.51. The molecule has 2 saturated heterocycles. The van der Waals surface area contributed by atoms with Gasteiger partial charge in [0, 0.05) is 69.2 Å². The average Bonchev–Trinajstić information content (AvgIpc) is 3.20. The molecule has 2 aliphatic heterocycles. The van der Waals surface area contributed by atoms with Crippen molar-refractivity contribution in [3.63, 3.8) is 0 Å². The number of urea groups is 1. The zero-order valence-electron chi connectivity index (χ0n) is 31.0. The van der Waals surface area contributed by atoms with Crippen molar-refractivity contribution < 1.29 is 19.4 Å². The number of carbonyl (C=O) groups excluding carboxylic acids is 1. The van der Waals surface area contributed by atoms with E-state index >= 15 is 0 Å². The SMILES string of the molecule is O=C(NCc1cccc(-c2cccc([C@@H]3O[C@H](CN4CCN(c5ncccn5)CC4)C[C@H](c4ccc(CO)cc4)O3)c2)c1)NC12CC3CC(CC(C3)C1)C2. The van der Waals surface area contributed by atoms with E-state index in [0.29, 0.717) is 6.54 Å². The Morgan fingerprint density at radius 1 is 0.759 bits per heavy atom. The van der Waals surface area contributed by atoms with E-state index in [1.165, 1.54) is 19.3 Å². The van der Waals surface area contributed by atoms with E-state index in [2.05, 4.69) is 91.1 Å². The van der Waals surface area contributed by atoms with Crippen LogP contribution in [-0.4, -0.2) is 70.4 Å². The highest BCUT2D eigenvalue weighted by molar-refractivity contribution is 5.75. The van der Waals surface area contributed by atoms with E-state index in [9.17, 15) is 9.90 Å². The topological polar surface area (TPSA) is 112 Å². The molecule has 0 unspecified atom stereocenters. The number of carbonyl (C=O) groups is 1. The zero-order valence-corrected chi connectivity index (χ0v) is 31.0. The second-order valence-electron chi connectivity index (χ2n) is 16.5. The maximum atomic E-state index is 13.2. The van der Waals surface area contributed by atoms with Gasteiger partial charge in [0.25, 0.3) is 0 Å². The van der Waals surface area contributed by atoms with Crippen LogP contribution in [-0.2, 0) is 22.6 Å². The summed E-state index contributed by atoms with van der Waals surface area (Å²) in [5, 5.41) is 16.3. The molecule has 10 rings (SSSR count). The quantitative estimate of drug-likeness (QED) is 0.164. The third-order valence-corrected chi connectivity index (χ3v) is 12.6. The standard InChI is InChI=1S/C44H52N6O4/c51-29-30-8-10-35(11-9-30)40-23-39(28-49-14-16-50(17-15-49)42-45-12-3-13-46-42)53-41(54-40)38-7-2-6-37(22-38)36-5-1-4-31(21-36)27-47-43(52)48-44-24-32-18-33(25-44)20-34(19-32)26-44/h1-13,21-22,32-34,39-41,51H,14-20,23-29H2,(H2,47,48,52)/t32?,33?,34?,39-,40+,41+,44?/m0/s1. The Morgan fingerprint density at radius 3 is 2.15 bits per heavy atom. The Hall–Kier alpha value is -4.35. The summed E-state index contributed by atoms with van der Waals surface area (Å²) in [6.45, 7) is 4.84. The number of aromatic nitrogens is 2. The van der Waals surface area contributed by atoms with Crippen molar-refractivity contribution in [1.29, 1.82) is 0 Å². The molecule has 3 N–H and O–H groups in total. The first-order valence-electron chi connectivity index (χ1n) is 20.0. The largest absolute Gasteiger partial charge is 0.392 e. The minimum Gasteiger partial charge on any atom is -0.392 e. The number of amides is 2. The van der Waals surface area contributed by atoms with Crippen LogP contribution in [0.1, 0.15) is 79.6 Å². The normalized spacial score (nSPS) is 29.2. The lowest BCUT2D eigenvalue weighted by Crippen LogP contribution is -2.61. The van der Waals surface area contributed by atoms with Crippen LogP contribution in [0.3, 0.4) is 0 Å². The van der Waals surface area contributed by atoms with Crippen molar-refractivity contribution in [2.75, 3.05) is 37.6 Å². The molecule has 3 aromatic carbocycles. The van der Waals surface area contributed by atoms with Gasteiger partial charge < -0.3 is 30.1 Å². The average molecular weight is 729 g/mol. The molecule has 1 aromatic heterocycles. The Kier molecular flexibility index (Phi) is 10.1. The lowest BCUT2D eigenvalue weighted by molar-refractivity contribution is -0.253. The molecule has 54 heavy (non-hydrogen) atoms. The predicted molar refractivity (Wildman–Crippen MR) is 207 cm³/mol. The van der Waals surface area contributed by atoms with E-state index in [1.807, 2.05) is 18.2 Å². The number of aliphatic hydroxyl groups excluding tert-OH is 1. The number of nitrogens with zero attached hydrogens (tertiary/aromatic N) is 4. The molecule has 3 atom stereocenters. The second-order valence-corrected chi connectivity index (χ2v) is 16.5. The van der Waals surface area contributed by atoms with Crippen LogP contribution in [0.25, 0.3) is 11.1 Å². The molecule has 4 saturated carbocycles. The summed E-state index contributed by atoms with van der Waals surface area (Å²) >= 11 is 0. The van der Waals surface area contributed by atoms with Crippen LogP contribution in [0.5, 0.6) is 0 Å². The summed E-state index contributed by atoms with van der Waals surface area (Å²) in [7, 11) is 0. The van der Waals surface area contributed by atoms with Crippen molar-refractivity contribution in [3.8, 4) is 11.1 Å². The number of benzene rings is 3. The van der Waals surface area contributed by atoms with Crippen molar-refractivity contribution in [1.82, 2.24) is 25.5 Å². The number of hydrogen-bond acceptors (Lipinski definition) is 8. The van der Waals surface area contributed by atoms with Gasteiger partial charge in [0.15, 0.2) is 6.29 Å². The summed E-state index contributed by atoms with van der Waals surface area (Å²) in [5.41, 5.74) is 6.16. The summed E-state index contributed by atoms with van der Waals surface area (Å²) in [6, 6.07) is 26.8. The van der Waals surface area contributed by atoms with Gasteiger partial charge >= 0.3 is 6.03 Å². The first kappa shape index (κ1) is 35.4. The molecule has 0 spiro atoms. The van der Waals surface area contributed by atoms with E-state index < -0.39 is 6.29 Å². The van der Waals surface area contributed by atoms with Gasteiger partial charge in [0.05, 0.1) is 18.8 Å². The molecule has 3 heterocycles. The molecule has 6 fully saturated rings. The van der Waals surface area contributed by atoms with Gasteiger partial charge in [-0.2, -0.15) is 0 Å². The van der Waals surface area contributed by atoms with Crippen molar-refractivity contribution in [2.45, 2.75) is 82.1 Å². The third kappa shape index (κ3) is 7.89. The van der Waals surface area contributed by atoms with Crippen molar-refractivity contribution in [2.24, 2.45) is 17.8 Å². The first-order valence-corrected chi connectivity index (χ1v) is 20.0. The molecule has 2 amide bonds. The lowest BCUT2D eigenvalue weighted by atomic mass is 9.53. The fourth-order valence-electron chi connectivity index (χ4n) is 10.4. The van der Waals surface area contributed by atoms with Crippen molar-refractivity contribution >= 4 is 12.0 Å². The minimum absolute atomic E-state index is 0.00193. The molecule has 4 aromatic rings. The summed E-state index contributed by atoms with van der Waals surface area (Å²) in [5.74, 6) is 3.16. The fourth-order valence-corrected chi connectivity index (χ4v) is 10.4. The van der Waals surface area contributed by atoms with Crippen LogP contribution < -0.4 is 15.5 Å². The van der Waals surface area contributed by atoms with Crippen molar-refractivity contribution in [3.05, 3.63) is 114 Å². The summed E-state index contributed by atoms with van der Waals surface area (Å²) in [4.78, 5) is 26.8. The number of anilines is 1. The molecule has 282 valence electrons. The molecule has 6 aliphatic rings. The van der Waals surface area contributed by atoms with Gasteiger partial charge in [-0.3, -0.25) is 4.90 Å². The maximum Gasteiger partial charge on any atom is 0.315 e. The smallest absolute Gasteiger partial charge is 0.315 e. The van der Waals surface area contributed by atoms with Crippen LogP contribution in [0.15, 0.2) is 91.3 Å². The van der Waals surface area contributed by atoms with Crippen LogP contribution >= 0.6 is 0 Å². The fraction of sp³-hybridized carbons (Fsp3) is 0.477. The molecule has 0 radical (unpaired) electrons.